The Labute approximate surface area is 149 Å². The van der Waals surface area contributed by atoms with Gasteiger partial charge in [0.2, 0.25) is 10.5 Å². The molecule has 0 radical (unpaired) electrons. The van der Waals surface area contributed by atoms with E-state index in [4.69, 9.17) is 12.2 Å². The number of para-hydroxylation sites is 1. The standard InChI is InChI=1S/C19H18N4OS/c1-3-12(2)13-8-10-14(11-9-13)22-17(24)15-6-4-5-7-16(15)23-18(22)20-21-19(23)25/h4-12H,3H2,1-2H3,(H,21,25)/t12-/m0/s1. The first-order chi connectivity index (χ1) is 12.1. The van der Waals surface area contributed by atoms with Crippen LogP contribution in [0.5, 0.6) is 0 Å². The average molecular weight is 350 g/mol. The first-order valence-corrected chi connectivity index (χ1v) is 8.74. The lowest BCUT2D eigenvalue weighted by atomic mass is 9.98. The molecule has 126 valence electrons. The molecule has 2 heterocycles. The second-order valence-corrected chi connectivity index (χ2v) is 6.61. The van der Waals surface area contributed by atoms with Gasteiger partial charge in [0.1, 0.15) is 0 Å². The van der Waals surface area contributed by atoms with Gasteiger partial charge in [0.25, 0.3) is 5.56 Å². The normalized spacial score (nSPS) is 12.7. The zero-order chi connectivity index (χ0) is 17.6. The minimum Gasteiger partial charge on any atom is -0.268 e. The van der Waals surface area contributed by atoms with Crippen molar-refractivity contribution in [1.29, 1.82) is 0 Å². The molecule has 2 aromatic heterocycles. The van der Waals surface area contributed by atoms with Gasteiger partial charge in [-0.1, -0.05) is 38.1 Å². The van der Waals surface area contributed by atoms with Gasteiger partial charge in [-0.3, -0.25) is 9.20 Å². The van der Waals surface area contributed by atoms with E-state index in [2.05, 4.69) is 36.2 Å². The van der Waals surface area contributed by atoms with Crippen LogP contribution in [0.4, 0.5) is 0 Å². The van der Waals surface area contributed by atoms with Crippen LogP contribution >= 0.6 is 12.2 Å². The van der Waals surface area contributed by atoms with Crippen LogP contribution in [0.3, 0.4) is 0 Å². The van der Waals surface area contributed by atoms with Gasteiger partial charge in [0.15, 0.2) is 0 Å². The molecule has 0 aliphatic carbocycles. The molecule has 25 heavy (non-hydrogen) atoms. The van der Waals surface area contributed by atoms with Crippen molar-refractivity contribution < 1.29 is 0 Å². The maximum atomic E-state index is 13.1. The lowest BCUT2D eigenvalue weighted by Gasteiger charge is -2.12. The van der Waals surface area contributed by atoms with Crippen LogP contribution in [0.2, 0.25) is 0 Å². The zero-order valence-corrected chi connectivity index (χ0v) is 14.9. The second-order valence-electron chi connectivity index (χ2n) is 6.22. The summed E-state index contributed by atoms with van der Waals surface area (Å²) in [5, 5.41) is 7.70. The number of hydrogen-bond acceptors (Lipinski definition) is 3. The molecule has 0 saturated carbocycles. The van der Waals surface area contributed by atoms with Crippen LogP contribution in [0, 0.1) is 4.77 Å². The predicted octanol–water partition coefficient (Wildman–Crippen LogP) is 4.21. The van der Waals surface area contributed by atoms with E-state index in [9.17, 15) is 4.79 Å². The van der Waals surface area contributed by atoms with Gasteiger partial charge in [-0.05, 0) is 54.4 Å². The summed E-state index contributed by atoms with van der Waals surface area (Å²) in [5.41, 5.74) is 2.69. The fourth-order valence-electron chi connectivity index (χ4n) is 3.14. The minimum atomic E-state index is -0.103. The monoisotopic (exact) mass is 350 g/mol. The molecule has 4 aromatic rings. The van der Waals surface area contributed by atoms with Crippen LogP contribution in [-0.2, 0) is 0 Å². The molecule has 0 saturated heterocycles. The van der Waals surface area contributed by atoms with Gasteiger partial charge in [-0.2, -0.15) is 0 Å². The van der Waals surface area contributed by atoms with Crippen molar-refractivity contribution in [2.24, 2.45) is 0 Å². The first-order valence-electron chi connectivity index (χ1n) is 8.33. The molecule has 0 bridgehead atoms. The molecule has 1 atom stereocenters. The highest BCUT2D eigenvalue weighted by Crippen LogP contribution is 2.21. The summed E-state index contributed by atoms with van der Waals surface area (Å²) < 4.78 is 3.88. The molecule has 6 heteroatoms. The zero-order valence-electron chi connectivity index (χ0n) is 14.1. The summed E-state index contributed by atoms with van der Waals surface area (Å²) in [5.74, 6) is 0.978. The van der Waals surface area contributed by atoms with E-state index in [1.54, 1.807) is 8.97 Å². The first kappa shape index (κ1) is 15.8. The van der Waals surface area contributed by atoms with Crippen molar-refractivity contribution in [3.05, 3.63) is 69.2 Å². The van der Waals surface area contributed by atoms with Crippen LogP contribution < -0.4 is 5.56 Å². The number of nitrogens with one attached hydrogen (secondary N) is 1. The van der Waals surface area contributed by atoms with Gasteiger partial charge < -0.3 is 0 Å². The number of aromatic nitrogens is 4. The highest BCUT2D eigenvalue weighted by Gasteiger charge is 2.14. The highest BCUT2D eigenvalue weighted by molar-refractivity contribution is 7.71. The molecule has 0 aliphatic rings. The molecule has 0 fully saturated rings. The number of rotatable bonds is 3. The summed E-state index contributed by atoms with van der Waals surface area (Å²) >= 11 is 5.37. The van der Waals surface area contributed by atoms with Crippen molar-refractivity contribution >= 4 is 28.9 Å². The maximum Gasteiger partial charge on any atom is 0.267 e. The SMILES string of the molecule is CC[C@H](C)c1ccc(-n2c(=O)c3ccccc3n3c(=S)[nH]nc23)cc1. The van der Waals surface area contributed by atoms with E-state index in [-0.39, 0.29) is 5.56 Å². The average Bonchev–Trinajstić information content (AvgIpc) is 3.03. The van der Waals surface area contributed by atoms with Crippen LogP contribution in [0.1, 0.15) is 31.7 Å². The van der Waals surface area contributed by atoms with E-state index in [1.165, 1.54) is 5.56 Å². The van der Waals surface area contributed by atoms with Crippen molar-refractivity contribution in [2.45, 2.75) is 26.2 Å². The Morgan fingerprint density at radius 2 is 1.88 bits per heavy atom. The summed E-state index contributed by atoms with van der Waals surface area (Å²) in [6, 6.07) is 15.5. The fourth-order valence-corrected chi connectivity index (χ4v) is 3.36. The second kappa shape index (κ2) is 5.97. The Kier molecular flexibility index (Phi) is 3.77. The number of nitrogens with zero attached hydrogens (tertiary/aromatic N) is 3. The van der Waals surface area contributed by atoms with Crippen molar-refractivity contribution in [3.8, 4) is 5.69 Å². The third-order valence-corrected chi connectivity index (χ3v) is 5.04. The molecule has 4 rings (SSSR count). The number of fused-ring (bicyclic) bond motifs is 3. The van der Waals surface area contributed by atoms with Gasteiger partial charge in [-0.15, -0.1) is 5.10 Å². The fraction of sp³-hybridized carbons (Fsp3) is 0.211. The summed E-state index contributed by atoms with van der Waals surface area (Å²) in [6.45, 7) is 4.36. The van der Waals surface area contributed by atoms with Gasteiger partial charge >= 0.3 is 0 Å². The molecule has 5 nitrogen and oxygen atoms in total. The summed E-state index contributed by atoms with van der Waals surface area (Å²) in [6.07, 6.45) is 1.08. The number of hydrogen-bond donors (Lipinski definition) is 1. The van der Waals surface area contributed by atoms with E-state index in [0.717, 1.165) is 17.6 Å². The molecular formula is C19H18N4OS. The summed E-state index contributed by atoms with van der Waals surface area (Å²) in [4.78, 5) is 13.1. The Bertz CT molecular complexity index is 1180. The number of aromatic amines is 1. The number of H-pyrrole nitrogens is 1. The molecule has 0 spiro atoms. The molecule has 0 amide bonds. The third kappa shape index (κ3) is 2.41. The van der Waals surface area contributed by atoms with Gasteiger partial charge in [-0.25, -0.2) is 9.67 Å². The topological polar surface area (TPSA) is 55.1 Å². The molecular weight excluding hydrogens is 332 g/mol. The molecule has 0 aliphatic heterocycles. The predicted molar refractivity (Wildman–Crippen MR) is 102 cm³/mol. The Morgan fingerprint density at radius 1 is 1.16 bits per heavy atom. The van der Waals surface area contributed by atoms with E-state index >= 15 is 0 Å². The Hall–Kier alpha value is -2.73. The largest absolute Gasteiger partial charge is 0.268 e. The van der Waals surface area contributed by atoms with E-state index in [0.29, 0.717) is 21.9 Å². The molecule has 0 unspecified atom stereocenters. The quantitative estimate of drug-likeness (QED) is 0.563. The maximum absolute atomic E-state index is 13.1. The van der Waals surface area contributed by atoms with Gasteiger partial charge in [0, 0.05) is 0 Å². The Balaban J connectivity index is 2.05. The van der Waals surface area contributed by atoms with Crippen LogP contribution in [0.15, 0.2) is 53.3 Å². The van der Waals surface area contributed by atoms with Crippen LogP contribution in [-0.4, -0.2) is 19.2 Å². The van der Waals surface area contributed by atoms with E-state index in [1.807, 2.05) is 36.4 Å². The number of benzene rings is 2. The van der Waals surface area contributed by atoms with Crippen molar-refractivity contribution in [2.75, 3.05) is 0 Å². The van der Waals surface area contributed by atoms with Crippen molar-refractivity contribution in [3.63, 3.8) is 0 Å². The molecule has 2 aromatic carbocycles. The third-order valence-electron chi connectivity index (χ3n) is 4.77. The lowest BCUT2D eigenvalue weighted by Crippen LogP contribution is -2.21. The van der Waals surface area contributed by atoms with Crippen molar-refractivity contribution in [1.82, 2.24) is 19.2 Å². The minimum absolute atomic E-state index is 0.103. The van der Waals surface area contributed by atoms with Gasteiger partial charge in [0.05, 0.1) is 16.6 Å². The summed E-state index contributed by atoms with van der Waals surface area (Å²) in [7, 11) is 0. The lowest BCUT2D eigenvalue weighted by molar-refractivity contribution is 0.733. The van der Waals surface area contributed by atoms with E-state index < -0.39 is 0 Å². The molecule has 1 N–H and O–H groups in total. The Morgan fingerprint density at radius 3 is 2.60 bits per heavy atom. The highest BCUT2D eigenvalue weighted by atomic mass is 32.1. The smallest absolute Gasteiger partial charge is 0.267 e. The van der Waals surface area contributed by atoms with Crippen LogP contribution in [0.25, 0.3) is 22.4 Å².